The Kier molecular flexibility index (Phi) is 3.40. The molecule has 104 valence electrons. The summed E-state index contributed by atoms with van der Waals surface area (Å²) >= 11 is 0. The summed E-state index contributed by atoms with van der Waals surface area (Å²) in [5.74, 6) is 0.351. The van der Waals surface area contributed by atoms with Gasteiger partial charge in [-0.15, -0.1) is 0 Å². The summed E-state index contributed by atoms with van der Waals surface area (Å²) in [5.41, 5.74) is 1.03. The molecule has 0 aromatic carbocycles. The van der Waals surface area contributed by atoms with Crippen molar-refractivity contribution < 1.29 is 10.2 Å². The van der Waals surface area contributed by atoms with Gasteiger partial charge in [-0.05, 0) is 68.3 Å². The third kappa shape index (κ3) is 2.04. The van der Waals surface area contributed by atoms with Crippen LogP contribution in [0, 0.1) is 16.7 Å². The zero-order valence-electron chi connectivity index (χ0n) is 12.3. The van der Waals surface area contributed by atoms with E-state index in [1.165, 1.54) is 12.0 Å². The minimum atomic E-state index is -0.607. The van der Waals surface area contributed by atoms with E-state index < -0.39 is 5.60 Å². The minimum absolute atomic E-state index is 0.155. The molecule has 2 nitrogen and oxygen atoms in total. The van der Waals surface area contributed by atoms with Crippen molar-refractivity contribution in [3.63, 3.8) is 0 Å². The maximum Gasteiger partial charge on any atom is 0.0641 e. The number of hydrogen-bond donors (Lipinski definition) is 2. The van der Waals surface area contributed by atoms with Crippen LogP contribution < -0.4 is 0 Å². The number of fused-ring (bicyclic) bond motifs is 1. The van der Waals surface area contributed by atoms with E-state index in [2.05, 4.69) is 19.9 Å². The standard InChI is InChI=1S/C16H28O2/c1-14(2,18)13-7-9-15(3)8-5-12(11-17)6-10-16(13,15)4/h6,13,17-18H,5,7-11H2,1-4H3/t13?,15-,16-/m1/s1. The van der Waals surface area contributed by atoms with Crippen LogP contribution in [0.25, 0.3) is 0 Å². The van der Waals surface area contributed by atoms with Crippen molar-refractivity contribution in [3.05, 3.63) is 11.6 Å². The SMILES string of the molecule is CC(C)(O)C1CC[C@@]2(C)CCC(CO)=CC[C@]12C. The fourth-order valence-corrected chi connectivity index (χ4v) is 4.46. The molecule has 0 spiro atoms. The van der Waals surface area contributed by atoms with Gasteiger partial charge in [-0.25, -0.2) is 0 Å². The Morgan fingerprint density at radius 3 is 2.56 bits per heavy atom. The Bertz CT molecular complexity index is 353. The Morgan fingerprint density at radius 2 is 2.00 bits per heavy atom. The minimum Gasteiger partial charge on any atom is -0.392 e. The first-order valence-corrected chi connectivity index (χ1v) is 7.24. The smallest absolute Gasteiger partial charge is 0.0641 e. The molecule has 0 bridgehead atoms. The predicted octanol–water partition coefficient (Wildman–Crippen LogP) is 3.28. The highest BCUT2D eigenvalue weighted by atomic mass is 16.3. The van der Waals surface area contributed by atoms with Gasteiger partial charge in [-0.2, -0.15) is 0 Å². The molecule has 0 heterocycles. The van der Waals surface area contributed by atoms with E-state index in [-0.39, 0.29) is 12.0 Å². The first-order valence-electron chi connectivity index (χ1n) is 7.24. The fraction of sp³-hybridized carbons (Fsp3) is 0.875. The summed E-state index contributed by atoms with van der Waals surface area (Å²) in [6.45, 7) is 8.83. The van der Waals surface area contributed by atoms with Crippen molar-refractivity contribution in [2.45, 2.75) is 65.4 Å². The molecule has 1 saturated carbocycles. The number of allylic oxidation sites excluding steroid dienone is 1. The third-order valence-electron chi connectivity index (χ3n) is 6.00. The highest BCUT2D eigenvalue weighted by Crippen LogP contribution is 2.64. The number of hydrogen-bond acceptors (Lipinski definition) is 2. The molecule has 3 atom stereocenters. The van der Waals surface area contributed by atoms with E-state index in [4.69, 9.17) is 0 Å². The van der Waals surface area contributed by atoms with Gasteiger partial charge in [0, 0.05) is 0 Å². The zero-order valence-corrected chi connectivity index (χ0v) is 12.3. The topological polar surface area (TPSA) is 40.5 Å². The molecule has 2 rings (SSSR count). The molecular weight excluding hydrogens is 224 g/mol. The number of aliphatic hydroxyl groups is 2. The van der Waals surface area contributed by atoms with Crippen molar-refractivity contribution >= 4 is 0 Å². The average molecular weight is 252 g/mol. The van der Waals surface area contributed by atoms with Crippen LogP contribution in [0.1, 0.15) is 59.8 Å². The maximum absolute atomic E-state index is 10.5. The molecule has 1 fully saturated rings. The molecule has 0 amide bonds. The Labute approximate surface area is 111 Å². The van der Waals surface area contributed by atoms with Gasteiger partial charge in [-0.1, -0.05) is 19.9 Å². The molecule has 2 heteroatoms. The first-order chi connectivity index (χ1) is 8.23. The summed E-state index contributed by atoms with van der Waals surface area (Å²) in [6.07, 6.45) is 7.70. The lowest BCUT2D eigenvalue weighted by atomic mass is 9.59. The van der Waals surface area contributed by atoms with Crippen LogP contribution >= 0.6 is 0 Å². The second-order valence-electron chi connectivity index (χ2n) is 7.45. The van der Waals surface area contributed by atoms with Gasteiger partial charge >= 0.3 is 0 Å². The summed E-state index contributed by atoms with van der Waals surface area (Å²) < 4.78 is 0. The van der Waals surface area contributed by atoms with Crippen LogP contribution in [-0.2, 0) is 0 Å². The molecule has 0 radical (unpaired) electrons. The van der Waals surface area contributed by atoms with E-state index in [0.29, 0.717) is 11.3 Å². The van der Waals surface area contributed by atoms with Gasteiger partial charge in [0.15, 0.2) is 0 Å². The zero-order chi connectivity index (χ0) is 13.6. The third-order valence-corrected chi connectivity index (χ3v) is 6.00. The normalized spacial score (nSPS) is 41.2. The molecule has 0 aliphatic heterocycles. The molecule has 2 aliphatic rings. The van der Waals surface area contributed by atoms with E-state index in [1.807, 2.05) is 13.8 Å². The van der Waals surface area contributed by atoms with E-state index in [0.717, 1.165) is 25.7 Å². The molecular formula is C16H28O2. The highest BCUT2D eigenvalue weighted by molar-refractivity contribution is 5.16. The van der Waals surface area contributed by atoms with Crippen molar-refractivity contribution in [2.24, 2.45) is 16.7 Å². The van der Waals surface area contributed by atoms with Crippen LogP contribution in [0.2, 0.25) is 0 Å². The predicted molar refractivity (Wildman–Crippen MR) is 74.3 cm³/mol. The molecule has 2 aliphatic carbocycles. The van der Waals surface area contributed by atoms with Crippen LogP contribution in [0.5, 0.6) is 0 Å². The quantitative estimate of drug-likeness (QED) is 0.740. The molecule has 1 unspecified atom stereocenters. The Morgan fingerprint density at radius 1 is 1.33 bits per heavy atom. The largest absolute Gasteiger partial charge is 0.392 e. The van der Waals surface area contributed by atoms with Gasteiger partial charge in [0.2, 0.25) is 0 Å². The first kappa shape index (κ1) is 14.1. The molecule has 0 aromatic heterocycles. The van der Waals surface area contributed by atoms with Crippen LogP contribution in [-0.4, -0.2) is 22.4 Å². The van der Waals surface area contributed by atoms with Crippen molar-refractivity contribution in [3.8, 4) is 0 Å². The van der Waals surface area contributed by atoms with E-state index >= 15 is 0 Å². The summed E-state index contributed by atoms with van der Waals surface area (Å²) in [5, 5.41) is 19.8. The summed E-state index contributed by atoms with van der Waals surface area (Å²) in [4.78, 5) is 0. The van der Waals surface area contributed by atoms with Gasteiger partial charge < -0.3 is 10.2 Å². The monoisotopic (exact) mass is 252 g/mol. The number of aliphatic hydroxyl groups excluding tert-OH is 1. The van der Waals surface area contributed by atoms with Crippen molar-refractivity contribution in [1.29, 1.82) is 0 Å². The lowest BCUT2D eigenvalue weighted by molar-refractivity contribution is -0.0601. The average Bonchev–Trinajstić information content (AvgIpc) is 2.45. The van der Waals surface area contributed by atoms with Gasteiger partial charge in [-0.3, -0.25) is 0 Å². The molecule has 0 aromatic rings. The molecule has 2 N–H and O–H groups in total. The van der Waals surface area contributed by atoms with Crippen LogP contribution in [0.3, 0.4) is 0 Å². The number of rotatable bonds is 2. The highest BCUT2D eigenvalue weighted by Gasteiger charge is 2.57. The lowest BCUT2D eigenvalue weighted by Gasteiger charge is -2.47. The van der Waals surface area contributed by atoms with E-state index in [1.54, 1.807) is 0 Å². The summed E-state index contributed by atoms with van der Waals surface area (Å²) in [6, 6.07) is 0. The van der Waals surface area contributed by atoms with Gasteiger partial charge in [0.1, 0.15) is 0 Å². The van der Waals surface area contributed by atoms with Gasteiger partial charge in [0.05, 0.1) is 12.2 Å². The molecule has 0 saturated heterocycles. The molecule has 18 heavy (non-hydrogen) atoms. The summed E-state index contributed by atoms with van der Waals surface area (Å²) in [7, 11) is 0. The Balaban J connectivity index is 2.35. The van der Waals surface area contributed by atoms with Crippen molar-refractivity contribution in [2.75, 3.05) is 6.61 Å². The van der Waals surface area contributed by atoms with Crippen molar-refractivity contribution in [1.82, 2.24) is 0 Å². The maximum atomic E-state index is 10.5. The van der Waals surface area contributed by atoms with Crippen LogP contribution in [0.15, 0.2) is 11.6 Å². The fourth-order valence-electron chi connectivity index (χ4n) is 4.46. The van der Waals surface area contributed by atoms with Crippen LogP contribution in [0.4, 0.5) is 0 Å². The van der Waals surface area contributed by atoms with E-state index in [9.17, 15) is 10.2 Å². The lowest BCUT2D eigenvalue weighted by Crippen LogP contribution is -2.44. The second-order valence-corrected chi connectivity index (χ2v) is 7.45. The second kappa shape index (κ2) is 4.35. The van der Waals surface area contributed by atoms with Gasteiger partial charge in [0.25, 0.3) is 0 Å². The Hall–Kier alpha value is -0.340.